The van der Waals surface area contributed by atoms with Gasteiger partial charge in [-0.3, -0.25) is 0 Å². The van der Waals surface area contributed by atoms with Crippen molar-refractivity contribution in [2.24, 2.45) is 0 Å². The monoisotopic (exact) mass is 280 g/mol. The van der Waals surface area contributed by atoms with E-state index in [2.05, 4.69) is 5.32 Å². The van der Waals surface area contributed by atoms with Gasteiger partial charge < -0.3 is 10.1 Å². The molecular formula is C12H28N2O3S. The van der Waals surface area contributed by atoms with Crippen molar-refractivity contribution in [3.8, 4) is 0 Å². The van der Waals surface area contributed by atoms with Crippen molar-refractivity contribution in [3.63, 3.8) is 0 Å². The van der Waals surface area contributed by atoms with Gasteiger partial charge >= 0.3 is 0 Å². The molecule has 2 unspecified atom stereocenters. The summed E-state index contributed by atoms with van der Waals surface area (Å²) in [7, 11) is -1.69. The zero-order valence-electron chi connectivity index (χ0n) is 12.4. The lowest BCUT2D eigenvalue weighted by atomic mass is 10.3. The number of sulfonamides is 1. The molecule has 0 amide bonds. The maximum atomic E-state index is 12.4. The number of likely N-dealkylation sites (N-methyl/N-ethyl adjacent to an activating group) is 1. The maximum Gasteiger partial charge on any atom is 0.218 e. The number of nitrogens with one attached hydrogen (secondary N) is 1. The predicted molar refractivity (Wildman–Crippen MR) is 75.2 cm³/mol. The average Bonchev–Trinajstić information content (AvgIpc) is 2.26. The summed E-state index contributed by atoms with van der Waals surface area (Å²) in [6.45, 7) is 10.8. The molecule has 2 atom stereocenters. The molecule has 6 heteroatoms. The smallest absolute Gasteiger partial charge is 0.218 e. The van der Waals surface area contributed by atoms with E-state index >= 15 is 0 Å². The highest BCUT2D eigenvalue weighted by Crippen LogP contribution is 2.13. The topological polar surface area (TPSA) is 58.6 Å². The summed E-state index contributed by atoms with van der Waals surface area (Å²) in [6.07, 6.45) is 0. The molecule has 0 aliphatic rings. The van der Waals surface area contributed by atoms with Crippen LogP contribution in [0.1, 0.15) is 34.6 Å². The van der Waals surface area contributed by atoms with Gasteiger partial charge in [0, 0.05) is 32.3 Å². The summed E-state index contributed by atoms with van der Waals surface area (Å²) in [5.74, 6) is 0. The van der Waals surface area contributed by atoms with Crippen LogP contribution in [-0.4, -0.2) is 56.9 Å². The maximum absolute atomic E-state index is 12.4. The standard InChI is InChI=1S/C12H28N2O3S/c1-7-14(11(4)9-17-6)18(15,16)12(5)8-13-10(2)3/h10-13H,7-9H2,1-6H3. The minimum atomic E-state index is -3.28. The molecule has 1 N–H and O–H groups in total. The highest BCUT2D eigenvalue weighted by molar-refractivity contribution is 7.89. The van der Waals surface area contributed by atoms with Gasteiger partial charge in [-0.05, 0) is 13.8 Å². The SMILES string of the molecule is CCN(C(C)COC)S(=O)(=O)C(C)CNC(C)C. The molecule has 0 saturated carbocycles. The van der Waals surface area contributed by atoms with Crippen molar-refractivity contribution >= 4 is 10.0 Å². The van der Waals surface area contributed by atoms with E-state index in [1.165, 1.54) is 4.31 Å². The highest BCUT2D eigenvalue weighted by Gasteiger charge is 2.31. The van der Waals surface area contributed by atoms with Crippen molar-refractivity contribution < 1.29 is 13.2 Å². The molecule has 0 fully saturated rings. The van der Waals surface area contributed by atoms with Crippen LogP contribution in [0.15, 0.2) is 0 Å². The van der Waals surface area contributed by atoms with Crippen molar-refractivity contribution in [2.45, 2.75) is 52.0 Å². The van der Waals surface area contributed by atoms with Gasteiger partial charge in [0.05, 0.1) is 11.9 Å². The lowest BCUT2D eigenvalue weighted by molar-refractivity contribution is 0.142. The van der Waals surface area contributed by atoms with Crippen LogP contribution in [0.5, 0.6) is 0 Å². The zero-order valence-corrected chi connectivity index (χ0v) is 13.3. The number of hydrogen-bond acceptors (Lipinski definition) is 4. The summed E-state index contributed by atoms with van der Waals surface area (Å²) in [5, 5.41) is 2.73. The van der Waals surface area contributed by atoms with Gasteiger partial charge in [-0.25, -0.2) is 8.42 Å². The second-order valence-corrected chi connectivity index (χ2v) is 7.23. The van der Waals surface area contributed by atoms with Crippen molar-refractivity contribution in [3.05, 3.63) is 0 Å². The predicted octanol–water partition coefficient (Wildman–Crippen LogP) is 1.06. The first kappa shape index (κ1) is 17.8. The third-order valence-corrected chi connectivity index (χ3v) is 5.32. The minimum absolute atomic E-state index is 0.133. The second-order valence-electron chi connectivity index (χ2n) is 4.93. The van der Waals surface area contributed by atoms with Crippen LogP contribution in [0, 0.1) is 0 Å². The summed E-state index contributed by atoms with van der Waals surface area (Å²) in [6, 6.07) is 0.153. The molecule has 0 spiro atoms. The Bertz CT molecular complexity index is 317. The largest absolute Gasteiger partial charge is 0.383 e. The lowest BCUT2D eigenvalue weighted by Gasteiger charge is -2.30. The Morgan fingerprint density at radius 1 is 1.22 bits per heavy atom. The van der Waals surface area contributed by atoms with Crippen LogP contribution in [0.4, 0.5) is 0 Å². The van der Waals surface area contributed by atoms with Gasteiger partial charge in [-0.1, -0.05) is 20.8 Å². The van der Waals surface area contributed by atoms with Crippen molar-refractivity contribution in [2.75, 3.05) is 26.8 Å². The number of ether oxygens (including phenoxy) is 1. The fourth-order valence-corrected chi connectivity index (χ4v) is 3.50. The Hall–Kier alpha value is -0.170. The summed E-state index contributed by atoms with van der Waals surface area (Å²) < 4.78 is 31.4. The van der Waals surface area contributed by atoms with E-state index in [0.29, 0.717) is 19.7 Å². The number of rotatable bonds is 9. The summed E-state index contributed by atoms with van der Waals surface area (Å²) in [5.41, 5.74) is 0. The Kier molecular flexibility index (Phi) is 8.02. The van der Waals surface area contributed by atoms with E-state index in [9.17, 15) is 8.42 Å². The van der Waals surface area contributed by atoms with E-state index in [1.807, 2.05) is 27.7 Å². The van der Waals surface area contributed by atoms with E-state index in [1.54, 1.807) is 14.0 Å². The van der Waals surface area contributed by atoms with Gasteiger partial charge in [0.2, 0.25) is 10.0 Å². The summed E-state index contributed by atoms with van der Waals surface area (Å²) >= 11 is 0. The molecule has 0 saturated heterocycles. The molecule has 0 bridgehead atoms. The molecule has 0 aliphatic carbocycles. The van der Waals surface area contributed by atoms with Gasteiger partial charge in [0.25, 0.3) is 0 Å². The van der Waals surface area contributed by atoms with Crippen LogP contribution >= 0.6 is 0 Å². The molecule has 110 valence electrons. The Balaban J connectivity index is 4.74. The molecule has 0 heterocycles. The van der Waals surface area contributed by atoms with Gasteiger partial charge in [-0.2, -0.15) is 4.31 Å². The first-order valence-electron chi connectivity index (χ1n) is 6.50. The van der Waals surface area contributed by atoms with Crippen LogP contribution in [-0.2, 0) is 14.8 Å². The lowest BCUT2D eigenvalue weighted by Crippen LogP contribution is -2.48. The van der Waals surface area contributed by atoms with Crippen LogP contribution in [0.3, 0.4) is 0 Å². The molecule has 0 aliphatic heterocycles. The number of methoxy groups -OCH3 is 1. The average molecular weight is 280 g/mol. The van der Waals surface area contributed by atoms with Gasteiger partial charge in [0.1, 0.15) is 0 Å². The molecule has 0 rings (SSSR count). The summed E-state index contributed by atoms with van der Waals surface area (Å²) in [4.78, 5) is 0. The first-order chi connectivity index (χ1) is 8.27. The van der Waals surface area contributed by atoms with Crippen LogP contribution in [0.2, 0.25) is 0 Å². The fourth-order valence-electron chi connectivity index (χ4n) is 1.80. The van der Waals surface area contributed by atoms with E-state index in [0.717, 1.165) is 0 Å². The third-order valence-electron chi connectivity index (χ3n) is 2.86. The molecule has 0 radical (unpaired) electrons. The fraction of sp³-hybridized carbons (Fsp3) is 1.00. The Morgan fingerprint density at radius 2 is 1.78 bits per heavy atom. The normalized spacial score (nSPS) is 16.2. The van der Waals surface area contributed by atoms with Crippen molar-refractivity contribution in [1.29, 1.82) is 0 Å². The molecule has 0 aromatic heterocycles. The van der Waals surface area contributed by atoms with E-state index in [-0.39, 0.29) is 12.1 Å². The van der Waals surface area contributed by atoms with Crippen LogP contribution < -0.4 is 5.32 Å². The molecular weight excluding hydrogens is 252 g/mol. The molecule has 18 heavy (non-hydrogen) atoms. The molecule has 0 aromatic carbocycles. The third kappa shape index (κ3) is 5.22. The number of hydrogen-bond donors (Lipinski definition) is 1. The molecule has 5 nitrogen and oxygen atoms in total. The Labute approximate surface area is 112 Å². The number of nitrogens with zero attached hydrogens (tertiary/aromatic N) is 1. The van der Waals surface area contributed by atoms with Gasteiger partial charge in [0.15, 0.2) is 0 Å². The van der Waals surface area contributed by atoms with Crippen molar-refractivity contribution in [1.82, 2.24) is 9.62 Å². The van der Waals surface area contributed by atoms with E-state index in [4.69, 9.17) is 4.74 Å². The zero-order chi connectivity index (χ0) is 14.3. The van der Waals surface area contributed by atoms with Crippen LogP contribution in [0.25, 0.3) is 0 Å². The van der Waals surface area contributed by atoms with E-state index < -0.39 is 15.3 Å². The second kappa shape index (κ2) is 8.09. The quantitative estimate of drug-likeness (QED) is 0.686. The Morgan fingerprint density at radius 3 is 2.17 bits per heavy atom. The minimum Gasteiger partial charge on any atom is -0.383 e. The first-order valence-corrected chi connectivity index (χ1v) is 8.00. The van der Waals surface area contributed by atoms with Gasteiger partial charge in [-0.15, -0.1) is 0 Å². The molecule has 0 aromatic rings. The highest BCUT2D eigenvalue weighted by atomic mass is 32.2.